The Balaban J connectivity index is 1.68. The summed E-state index contributed by atoms with van der Waals surface area (Å²) in [6, 6.07) is 14.2. The molecule has 0 aliphatic heterocycles. The molecule has 7 nitrogen and oxygen atoms in total. The molecule has 0 saturated heterocycles. The minimum atomic E-state index is -0.656. The molecule has 29 heavy (non-hydrogen) atoms. The van der Waals surface area contributed by atoms with Gasteiger partial charge >= 0.3 is 0 Å². The van der Waals surface area contributed by atoms with Gasteiger partial charge in [-0.05, 0) is 30.3 Å². The zero-order valence-corrected chi connectivity index (χ0v) is 15.9. The van der Waals surface area contributed by atoms with Crippen molar-refractivity contribution in [1.82, 2.24) is 4.98 Å². The Labute approximate surface area is 168 Å². The molecule has 0 spiro atoms. The first-order chi connectivity index (χ1) is 14.1. The highest BCUT2D eigenvalue weighted by molar-refractivity contribution is 7.22. The summed E-state index contributed by atoms with van der Waals surface area (Å²) in [6.45, 7) is 0. The molecule has 4 aromatic rings. The maximum absolute atomic E-state index is 12.7. The van der Waals surface area contributed by atoms with E-state index in [1.54, 1.807) is 18.2 Å². The van der Waals surface area contributed by atoms with Gasteiger partial charge in [0.1, 0.15) is 17.9 Å². The number of hydrogen-bond acceptors (Lipinski definition) is 7. The maximum atomic E-state index is 12.7. The average molecular weight is 403 g/mol. The second-order valence-corrected chi connectivity index (χ2v) is 7.00. The van der Waals surface area contributed by atoms with Crippen molar-refractivity contribution in [3.05, 3.63) is 70.1 Å². The van der Waals surface area contributed by atoms with Crippen molar-refractivity contribution in [2.45, 2.75) is 0 Å². The molecule has 0 atom stereocenters. The zero-order valence-electron chi connectivity index (χ0n) is 15.1. The number of methoxy groups -OCH3 is 1. The van der Waals surface area contributed by atoms with Gasteiger partial charge in [-0.25, -0.2) is 4.98 Å². The Bertz CT molecular complexity index is 1350. The molecule has 8 heteroatoms. The lowest BCUT2D eigenvalue weighted by atomic mass is 10.1. The topological polar surface area (TPSA) is 105 Å². The summed E-state index contributed by atoms with van der Waals surface area (Å²) in [7, 11) is 1.47. The van der Waals surface area contributed by atoms with Crippen LogP contribution in [0.3, 0.4) is 0 Å². The third kappa shape index (κ3) is 3.47. The van der Waals surface area contributed by atoms with Crippen LogP contribution in [-0.2, 0) is 4.79 Å². The number of rotatable bonds is 4. The van der Waals surface area contributed by atoms with Gasteiger partial charge in [-0.1, -0.05) is 29.5 Å². The van der Waals surface area contributed by atoms with Crippen molar-refractivity contribution >= 4 is 49.6 Å². The predicted molar refractivity (Wildman–Crippen MR) is 111 cm³/mol. The van der Waals surface area contributed by atoms with Crippen LogP contribution in [0.15, 0.2) is 63.5 Å². The Morgan fingerprint density at radius 2 is 2.10 bits per heavy atom. The monoisotopic (exact) mass is 403 g/mol. The lowest BCUT2D eigenvalue weighted by Gasteiger charge is -2.04. The number of carbonyl (C=O) groups excluding carboxylic acids is 1. The molecule has 0 saturated carbocycles. The van der Waals surface area contributed by atoms with Crippen molar-refractivity contribution in [3.8, 4) is 11.8 Å². The van der Waals surface area contributed by atoms with E-state index in [2.05, 4.69) is 10.3 Å². The largest absolute Gasteiger partial charge is 0.493 e. The lowest BCUT2D eigenvalue weighted by molar-refractivity contribution is -0.112. The van der Waals surface area contributed by atoms with Crippen molar-refractivity contribution in [3.63, 3.8) is 0 Å². The number of anilines is 1. The van der Waals surface area contributed by atoms with E-state index in [1.807, 2.05) is 30.3 Å². The van der Waals surface area contributed by atoms with Crippen LogP contribution in [0.4, 0.5) is 5.13 Å². The molecule has 0 radical (unpaired) electrons. The molecular formula is C21H13N3O4S. The molecule has 0 aliphatic carbocycles. The van der Waals surface area contributed by atoms with Gasteiger partial charge in [0.15, 0.2) is 21.9 Å². The van der Waals surface area contributed by atoms with E-state index in [9.17, 15) is 14.9 Å². The first kappa shape index (κ1) is 18.4. The van der Waals surface area contributed by atoms with Gasteiger partial charge in [0.25, 0.3) is 5.91 Å². The van der Waals surface area contributed by atoms with Crippen LogP contribution in [0.1, 0.15) is 5.56 Å². The summed E-state index contributed by atoms with van der Waals surface area (Å²) in [5.41, 5.74) is 0.528. The van der Waals surface area contributed by atoms with E-state index in [-0.39, 0.29) is 16.6 Å². The summed E-state index contributed by atoms with van der Waals surface area (Å²) in [5, 5.41) is 12.7. The number of hydrogen-bond donors (Lipinski definition) is 1. The van der Waals surface area contributed by atoms with Crippen LogP contribution in [0.2, 0.25) is 0 Å². The average Bonchev–Trinajstić information content (AvgIpc) is 3.15. The highest BCUT2D eigenvalue weighted by Gasteiger charge is 2.15. The number of carbonyl (C=O) groups is 1. The number of ether oxygens (including phenoxy) is 1. The van der Waals surface area contributed by atoms with Gasteiger partial charge in [0.2, 0.25) is 0 Å². The van der Waals surface area contributed by atoms with Crippen molar-refractivity contribution in [2.24, 2.45) is 0 Å². The zero-order chi connectivity index (χ0) is 20.4. The fraction of sp³-hybridized carbons (Fsp3) is 0.0476. The number of benzene rings is 2. The summed E-state index contributed by atoms with van der Waals surface area (Å²) < 4.78 is 11.6. The van der Waals surface area contributed by atoms with Crippen LogP contribution < -0.4 is 15.5 Å². The molecule has 0 bridgehead atoms. The smallest absolute Gasteiger partial charge is 0.268 e. The van der Waals surface area contributed by atoms with Gasteiger partial charge < -0.3 is 9.15 Å². The molecule has 142 valence electrons. The predicted octanol–water partition coefficient (Wildman–Crippen LogP) is 3.96. The SMILES string of the molecule is COc1cccc2c(=O)c(/C=C(\C#N)C(=O)Nc3nc4ccccc4s3)coc12. The number of nitrogens with one attached hydrogen (secondary N) is 1. The summed E-state index contributed by atoms with van der Waals surface area (Å²) in [4.78, 5) is 29.6. The summed E-state index contributed by atoms with van der Waals surface area (Å²) in [6.07, 6.45) is 2.41. The number of para-hydroxylation sites is 2. The fourth-order valence-electron chi connectivity index (χ4n) is 2.80. The molecule has 0 aliphatic rings. The molecule has 1 N–H and O–H groups in total. The van der Waals surface area contributed by atoms with E-state index >= 15 is 0 Å². The summed E-state index contributed by atoms with van der Waals surface area (Å²) in [5.74, 6) is -0.235. The maximum Gasteiger partial charge on any atom is 0.268 e. The highest BCUT2D eigenvalue weighted by Crippen LogP contribution is 2.26. The number of nitriles is 1. The van der Waals surface area contributed by atoms with Crippen molar-refractivity contribution in [2.75, 3.05) is 12.4 Å². The Morgan fingerprint density at radius 1 is 1.28 bits per heavy atom. The van der Waals surface area contributed by atoms with Gasteiger partial charge in [0, 0.05) is 0 Å². The molecule has 0 fully saturated rings. The lowest BCUT2D eigenvalue weighted by Crippen LogP contribution is -2.14. The molecule has 1 amide bonds. The number of thiazole rings is 1. The number of fused-ring (bicyclic) bond motifs is 2. The van der Waals surface area contributed by atoms with E-state index in [0.29, 0.717) is 21.9 Å². The number of nitrogens with zero attached hydrogens (tertiary/aromatic N) is 2. The third-order valence-electron chi connectivity index (χ3n) is 4.19. The Hall–Kier alpha value is -3.96. The third-order valence-corrected chi connectivity index (χ3v) is 5.14. The minimum absolute atomic E-state index is 0.0850. The molecule has 2 heterocycles. The molecular weight excluding hydrogens is 390 g/mol. The molecule has 4 rings (SSSR count). The minimum Gasteiger partial charge on any atom is -0.493 e. The van der Waals surface area contributed by atoms with Crippen molar-refractivity contribution < 1.29 is 13.9 Å². The van der Waals surface area contributed by atoms with Crippen LogP contribution in [0.25, 0.3) is 27.3 Å². The summed E-state index contributed by atoms with van der Waals surface area (Å²) >= 11 is 1.30. The van der Waals surface area contributed by atoms with Crippen LogP contribution in [0, 0.1) is 11.3 Å². The fourth-order valence-corrected chi connectivity index (χ4v) is 3.66. The van der Waals surface area contributed by atoms with Gasteiger partial charge in [-0.3, -0.25) is 14.9 Å². The first-order valence-electron chi connectivity index (χ1n) is 8.48. The highest BCUT2D eigenvalue weighted by atomic mass is 32.1. The second-order valence-electron chi connectivity index (χ2n) is 5.97. The van der Waals surface area contributed by atoms with E-state index in [1.165, 1.54) is 30.8 Å². The second kappa shape index (κ2) is 7.58. The van der Waals surface area contributed by atoms with Gasteiger partial charge in [0.05, 0.1) is 28.3 Å². The normalized spacial score (nSPS) is 11.4. The van der Waals surface area contributed by atoms with Crippen LogP contribution >= 0.6 is 11.3 Å². The van der Waals surface area contributed by atoms with E-state index < -0.39 is 5.91 Å². The van der Waals surface area contributed by atoms with Gasteiger partial charge in [-0.15, -0.1) is 0 Å². The van der Waals surface area contributed by atoms with E-state index in [4.69, 9.17) is 9.15 Å². The van der Waals surface area contributed by atoms with E-state index in [0.717, 1.165) is 10.2 Å². The van der Waals surface area contributed by atoms with Crippen molar-refractivity contribution in [1.29, 1.82) is 5.26 Å². The van der Waals surface area contributed by atoms with Crippen LogP contribution in [0.5, 0.6) is 5.75 Å². The standard InChI is InChI=1S/C21H13N3O4S/c1-27-16-7-4-5-14-18(25)13(11-28-19(14)16)9-12(10-22)20(26)24-21-23-15-6-2-3-8-17(15)29-21/h2-9,11H,1H3,(H,23,24,26)/b12-9+. The van der Waals surface area contributed by atoms with Gasteiger partial charge in [-0.2, -0.15) is 5.26 Å². The van der Waals surface area contributed by atoms with Crippen LogP contribution in [-0.4, -0.2) is 18.0 Å². The molecule has 2 aromatic heterocycles. The Morgan fingerprint density at radius 3 is 2.86 bits per heavy atom. The quantitative estimate of drug-likeness (QED) is 0.408. The number of amides is 1. The molecule has 0 unspecified atom stereocenters. The first-order valence-corrected chi connectivity index (χ1v) is 9.29. The Kier molecular flexibility index (Phi) is 4.81. The molecule has 2 aromatic carbocycles. The number of aromatic nitrogens is 1.